The van der Waals surface area contributed by atoms with Crippen molar-refractivity contribution >= 4 is 17.8 Å². The third-order valence-electron chi connectivity index (χ3n) is 3.70. The lowest BCUT2D eigenvalue weighted by Crippen LogP contribution is -2.56. The van der Waals surface area contributed by atoms with Crippen LogP contribution < -0.4 is 22.1 Å². The summed E-state index contributed by atoms with van der Waals surface area (Å²) < 4.78 is 0. The fraction of sp³-hybridized carbons (Fsp3) is 0.600. The molecule has 11 nitrogen and oxygen atoms in total. The normalized spacial score (nSPS) is 14.3. The Hall–Kier alpha value is -2.50. The van der Waals surface area contributed by atoms with Crippen LogP contribution in [0.2, 0.25) is 0 Å². The minimum Gasteiger partial charge on any atom is -0.480 e. The van der Waals surface area contributed by atoms with Gasteiger partial charge in [-0.3, -0.25) is 9.59 Å². The number of rotatable bonds is 12. The van der Waals surface area contributed by atoms with Gasteiger partial charge in [0.15, 0.2) is 0 Å². The summed E-state index contributed by atoms with van der Waals surface area (Å²) >= 11 is 0. The molecule has 3 atom stereocenters. The zero-order chi connectivity index (χ0) is 19.5. The minimum atomic E-state index is -1.30. The molecule has 11 heteroatoms. The van der Waals surface area contributed by atoms with Gasteiger partial charge in [0.2, 0.25) is 11.8 Å². The van der Waals surface area contributed by atoms with E-state index in [-0.39, 0.29) is 12.8 Å². The predicted molar refractivity (Wildman–Crippen MR) is 91.8 cm³/mol. The number of carbonyl (C=O) groups excluding carboxylic acids is 2. The maximum Gasteiger partial charge on any atom is 0.326 e. The molecule has 26 heavy (non-hydrogen) atoms. The van der Waals surface area contributed by atoms with Crippen molar-refractivity contribution in [2.45, 2.75) is 43.8 Å². The number of H-pyrrole nitrogens is 1. The Bertz CT molecular complexity index is 579. The second-order valence-electron chi connectivity index (χ2n) is 5.80. The number of hydrogen-bond acceptors (Lipinski definition) is 7. The molecule has 0 radical (unpaired) electrons. The Labute approximate surface area is 150 Å². The van der Waals surface area contributed by atoms with Gasteiger partial charge >= 0.3 is 5.97 Å². The highest BCUT2D eigenvalue weighted by Crippen LogP contribution is 2.02. The number of unbranched alkanes of at least 4 members (excludes halogenated alkanes) is 1. The molecule has 146 valence electrons. The number of nitrogens with one attached hydrogen (secondary N) is 3. The highest BCUT2D eigenvalue weighted by molar-refractivity contribution is 5.91. The van der Waals surface area contributed by atoms with Gasteiger partial charge in [-0.1, -0.05) is 0 Å². The van der Waals surface area contributed by atoms with Crippen LogP contribution in [0.4, 0.5) is 0 Å². The molecule has 0 bridgehead atoms. The Morgan fingerprint density at radius 3 is 2.42 bits per heavy atom. The van der Waals surface area contributed by atoms with Crippen LogP contribution in [0.5, 0.6) is 0 Å². The first-order chi connectivity index (χ1) is 12.4. The Morgan fingerprint density at radius 2 is 1.88 bits per heavy atom. The SMILES string of the molecule is NCCCC[C@H](NC(=O)[C@@H](CO)NC(=O)[C@@H](N)Cc1c[nH]cn1)C(=O)O. The van der Waals surface area contributed by atoms with E-state index in [0.717, 1.165) is 0 Å². The summed E-state index contributed by atoms with van der Waals surface area (Å²) in [6, 6.07) is -3.40. The average Bonchev–Trinajstić information content (AvgIpc) is 3.11. The first-order valence-corrected chi connectivity index (χ1v) is 8.26. The van der Waals surface area contributed by atoms with Gasteiger partial charge in [0, 0.05) is 12.6 Å². The summed E-state index contributed by atoms with van der Waals surface area (Å²) in [5, 5.41) is 23.1. The molecule has 0 saturated heterocycles. The highest BCUT2D eigenvalue weighted by atomic mass is 16.4. The standard InChI is InChI=1S/C15H26N6O5/c16-4-2-1-3-11(15(25)26)20-14(24)12(7-22)21-13(23)10(17)5-9-6-18-8-19-9/h6,8,10-12,22H,1-5,7,16-17H2,(H,18,19)(H,20,24)(H,21,23)(H,25,26)/t10-,11-,12+/m0/s1. The number of hydrogen-bond donors (Lipinski definition) is 7. The zero-order valence-electron chi connectivity index (χ0n) is 14.4. The number of imidazole rings is 1. The van der Waals surface area contributed by atoms with Gasteiger partial charge in [0.05, 0.1) is 24.7 Å². The van der Waals surface area contributed by atoms with Gasteiger partial charge in [0.1, 0.15) is 12.1 Å². The number of aliphatic hydroxyl groups excluding tert-OH is 1. The molecule has 1 aromatic rings. The molecule has 9 N–H and O–H groups in total. The monoisotopic (exact) mass is 370 g/mol. The molecule has 2 amide bonds. The van der Waals surface area contributed by atoms with E-state index in [1.54, 1.807) is 6.20 Å². The molecular formula is C15H26N6O5. The molecule has 0 fully saturated rings. The van der Waals surface area contributed by atoms with E-state index in [9.17, 15) is 19.5 Å². The van der Waals surface area contributed by atoms with E-state index in [2.05, 4.69) is 20.6 Å². The number of carboxylic acids is 1. The van der Waals surface area contributed by atoms with Crippen molar-refractivity contribution in [3.8, 4) is 0 Å². The van der Waals surface area contributed by atoms with E-state index in [1.165, 1.54) is 6.33 Å². The van der Waals surface area contributed by atoms with Crippen molar-refractivity contribution in [2.24, 2.45) is 11.5 Å². The van der Waals surface area contributed by atoms with Crippen LogP contribution in [0.1, 0.15) is 25.0 Å². The van der Waals surface area contributed by atoms with Crippen molar-refractivity contribution in [3.05, 3.63) is 18.2 Å². The fourth-order valence-corrected chi connectivity index (χ4v) is 2.22. The minimum absolute atomic E-state index is 0.145. The van der Waals surface area contributed by atoms with Gasteiger partial charge < -0.3 is 37.3 Å². The zero-order valence-corrected chi connectivity index (χ0v) is 14.4. The Morgan fingerprint density at radius 1 is 1.19 bits per heavy atom. The number of aromatic nitrogens is 2. The van der Waals surface area contributed by atoms with Crippen molar-refractivity contribution in [1.29, 1.82) is 0 Å². The summed E-state index contributed by atoms with van der Waals surface area (Å²) in [4.78, 5) is 42.1. The number of carboxylic acid groups (broad SMARTS) is 1. The van der Waals surface area contributed by atoms with E-state index in [1.807, 2.05) is 0 Å². The fourth-order valence-electron chi connectivity index (χ4n) is 2.22. The van der Waals surface area contributed by atoms with E-state index < -0.39 is 42.5 Å². The molecular weight excluding hydrogens is 344 g/mol. The van der Waals surface area contributed by atoms with Gasteiger partial charge in [-0.2, -0.15) is 0 Å². The summed E-state index contributed by atoms with van der Waals surface area (Å²) in [7, 11) is 0. The number of aliphatic hydroxyl groups is 1. The van der Waals surface area contributed by atoms with Crippen molar-refractivity contribution in [1.82, 2.24) is 20.6 Å². The molecule has 0 aliphatic rings. The first-order valence-electron chi connectivity index (χ1n) is 8.26. The number of amides is 2. The van der Waals surface area contributed by atoms with Crippen LogP contribution in [0.3, 0.4) is 0 Å². The topological polar surface area (TPSA) is 196 Å². The number of carbonyl (C=O) groups is 3. The molecule has 1 aromatic heterocycles. The maximum atomic E-state index is 12.2. The smallest absolute Gasteiger partial charge is 0.326 e. The van der Waals surface area contributed by atoms with Gasteiger partial charge in [-0.25, -0.2) is 9.78 Å². The predicted octanol–water partition coefficient (Wildman–Crippen LogP) is -2.54. The average molecular weight is 370 g/mol. The molecule has 0 aromatic carbocycles. The van der Waals surface area contributed by atoms with E-state index in [4.69, 9.17) is 16.6 Å². The van der Waals surface area contributed by atoms with Crippen molar-refractivity contribution < 1.29 is 24.6 Å². The van der Waals surface area contributed by atoms with Crippen LogP contribution >= 0.6 is 0 Å². The van der Waals surface area contributed by atoms with Gasteiger partial charge in [-0.05, 0) is 25.8 Å². The third-order valence-corrected chi connectivity index (χ3v) is 3.70. The van der Waals surface area contributed by atoms with E-state index >= 15 is 0 Å². The third kappa shape index (κ3) is 7.17. The lowest BCUT2D eigenvalue weighted by Gasteiger charge is -2.21. The van der Waals surface area contributed by atoms with Crippen LogP contribution in [-0.2, 0) is 20.8 Å². The van der Waals surface area contributed by atoms with Crippen molar-refractivity contribution in [3.63, 3.8) is 0 Å². The Kier molecular flexibility index (Phi) is 9.26. The summed E-state index contributed by atoms with van der Waals surface area (Å²) in [6.45, 7) is -0.272. The maximum absolute atomic E-state index is 12.2. The molecule has 0 spiro atoms. The van der Waals surface area contributed by atoms with E-state index in [0.29, 0.717) is 25.1 Å². The lowest BCUT2D eigenvalue weighted by molar-refractivity contribution is -0.142. The molecule has 0 aliphatic carbocycles. The number of aromatic amines is 1. The summed E-state index contributed by atoms with van der Waals surface area (Å²) in [6.07, 6.45) is 4.53. The van der Waals surface area contributed by atoms with Crippen LogP contribution in [0, 0.1) is 0 Å². The number of aliphatic carboxylic acids is 1. The second kappa shape index (κ2) is 11.2. The molecule has 0 saturated carbocycles. The van der Waals surface area contributed by atoms with Crippen LogP contribution in [0.25, 0.3) is 0 Å². The van der Waals surface area contributed by atoms with Gasteiger partial charge in [-0.15, -0.1) is 0 Å². The van der Waals surface area contributed by atoms with Crippen LogP contribution in [-0.4, -0.2) is 69.2 Å². The lowest BCUT2D eigenvalue weighted by atomic mass is 10.1. The molecule has 1 heterocycles. The van der Waals surface area contributed by atoms with Crippen LogP contribution in [0.15, 0.2) is 12.5 Å². The largest absolute Gasteiger partial charge is 0.480 e. The molecule has 0 unspecified atom stereocenters. The molecule has 1 rings (SSSR count). The quantitative estimate of drug-likeness (QED) is 0.195. The Balaban J connectivity index is 2.57. The summed E-state index contributed by atoms with van der Waals surface area (Å²) in [5.74, 6) is -2.65. The van der Waals surface area contributed by atoms with Crippen molar-refractivity contribution in [2.75, 3.05) is 13.2 Å². The van der Waals surface area contributed by atoms with Gasteiger partial charge in [0.25, 0.3) is 0 Å². The summed E-state index contributed by atoms with van der Waals surface area (Å²) in [5.41, 5.74) is 11.7. The first kappa shape index (κ1) is 21.5. The molecule has 0 aliphatic heterocycles. The number of nitrogens with two attached hydrogens (primary N) is 2. The second-order valence-corrected chi connectivity index (χ2v) is 5.80. The highest BCUT2D eigenvalue weighted by Gasteiger charge is 2.27. The number of nitrogens with zero attached hydrogens (tertiary/aromatic N) is 1.